The van der Waals surface area contributed by atoms with Gasteiger partial charge in [0.25, 0.3) is 0 Å². The van der Waals surface area contributed by atoms with E-state index in [-0.39, 0.29) is 11.8 Å². The van der Waals surface area contributed by atoms with Crippen molar-refractivity contribution in [2.24, 2.45) is 5.41 Å². The fraction of sp³-hybridized carbons (Fsp3) is 0.391. The average molecular weight is 429 g/mol. The quantitative estimate of drug-likeness (QED) is 0.500. The summed E-state index contributed by atoms with van der Waals surface area (Å²) in [5.41, 5.74) is 0.189. The molecule has 3 heterocycles. The molecule has 0 unspecified atom stereocenters. The zero-order chi connectivity index (χ0) is 21.0. The molecule has 0 radical (unpaired) electrons. The molecule has 1 fully saturated rings. The molecule has 1 aliphatic rings. The number of thiophene rings is 1. The van der Waals surface area contributed by atoms with E-state index in [1.165, 1.54) is 10.9 Å². The van der Waals surface area contributed by atoms with Gasteiger partial charge in [0.2, 0.25) is 0 Å². The highest BCUT2D eigenvalue weighted by Crippen LogP contribution is 2.38. The van der Waals surface area contributed by atoms with Crippen LogP contribution >= 0.6 is 11.3 Å². The lowest BCUT2D eigenvalue weighted by atomic mass is 9.75. The van der Waals surface area contributed by atoms with Crippen molar-refractivity contribution in [2.75, 3.05) is 19.7 Å². The van der Waals surface area contributed by atoms with Crippen molar-refractivity contribution in [3.8, 4) is 11.3 Å². The lowest BCUT2D eigenvalue weighted by Crippen LogP contribution is -2.46. The molecule has 0 bridgehead atoms. The van der Waals surface area contributed by atoms with E-state index in [1.54, 1.807) is 35.6 Å². The number of halogens is 1. The van der Waals surface area contributed by atoms with Crippen molar-refractivity contribution in [3.05, 3.63) is 64.3 Å². The van der Waals surface area contributed by atoms with Crippen LogP contribution in [0.1, 0.15) is 30.4 Å². The van der Waals surface area contributed by atoms with Gasteiger partial charge < -0.3 is 9.26 Å². The summed E-state index contributed by atoms with van der Waals surface area (Å²) in [6, 6.07) is 12.4. The smallest absolute Gasteiger partial charge is 0.312 e. The minimum absolute atomic E-state index is 0.190. The summed E-state index contributed by atoms with van der Waals surface area (Å²) in [5.74, 6) is 0.0389. The van der Waals surface area contributed by atoms with Crippen molar-refractivity contribution in [2.45, 2.75) is 32.7 Å². The number of rotatable bonds is 7. The minimum Gasteiger partial charge on any atom is -0.466 e. The first kappa shape index (κ1) is 20.8. The number of ether oxygens (including phenoxy) is 1. The highest BCUT2D eigenvalue weighted by atomic mass is 32.1. The van der Waals surface area contributed by atoms with Crippen molar-refractivity contribution >= 4 is 17.3 Å². The molecule has 0 atom stereocenters. The Kier molecular flexibility index (Phi) is 6.29. The Morgan fingerprint density at radius 1 is 1.27 bits per heavy atom. The number of esters is 1. The molecule has 1 aliphatic heterocycles. The van der Waals surface area contributed by atoms with Crippen LogP contribution in [-0.2, 0) is 22.5 Å². The summed E-state index contributed by atoms with van der Waals surface area (Å²) in [7, 11) is 0. The molecule has 0 saturated carbocycles. The Morgan fingerprint density at radius 2 is 2.07 bits per heavy atom. The van der Waals surface area contributed by atoms with E-state index in [0.717, 1.165) is 19.6 Å². The molecule has 2 aromatic heterocycles. The van der Waals surface area contributed by atoms with Crippen LogP contribution in [0.5, 0.6) is 0 Å². The van der Waals surface area contributed by atoms with Crippen molar-refractivity contribution in [1.82, 2.24) is 10.1 Å². The predicted octanol–water partition coefficient (Wildman–Crippen LogP) is 4.93. The summed E-state index contributed by atoms with van der Waals surface area (Å²) >= 11 is 1.75. The number of hydrogen-bond donors (Lipinski definition) is 0. The summed E-state index contributed by atoms with van der Waals surface area (Å²) in [4.78, 5) is 16.6. The van der Waals surface area contributed by atoms with Crippen molar-refractivity contribution in [3.63, 3.8) is 0 Å². The van der Waals surface area contributed by atoms with Gasteiger partial charge in [-0.1, -0.05) is 23.4 Å². The molecule has 0 aliphatic carbocycles. The SMILES string of the molecule is CCOC(=O)C1(Cc2cc(-c3ccccc3F)no2)CCN(Cc2cccs2)CC1. The first-order valence-electron chi connectivity index (χ1n) is 10.2. The van der Waals surface area contributed by atoms with E-state index >= 15 is 0 Å². The molecule has 4 rings (SSSR count). The number of piperidine rings is 1. The summed E-state index contributed by atoms with van der Waals surface area (Å²) < 4.78 is 25.0. The third kappa shape index (κ3) is 4.47. The first-order valence-corrected chi connectivity index (χ1v) is 11.1. The fourth-order valence-electron chi connectivity index (χ4n) is 4.03. The number of benzene rings is 1. The predicted molar refractivity (Wildman–Crippen MR) is 113 cm³/mol. The second kappa shape index (κ2) is 9.10. The van der Waals surface area contributed by atoms with Gasteiger partial charge in [-0.15, -0.1) is 11.3 Å². The van der Waals surface area contributed by atoms with Crippen LogP contribution in [0.25, 0.3) is 11.3 Å². The largest absolute Gasteiger partial charge is 0.466 e. The van der Waals surface area contributed by atoms with Crippen LogP contribution in [0.3, 0.4) is 0 Å². The van der Waals surface area contributed by atoms with Crippen molar-refractivity contribution in [1.29, 1.82) is 0 Å². The number of nitrogens with zero attached hydrogens (tertiary/aromatic N) is 2. The van der Waals surface area contributed by atoms with Crippen LogP contribution in [-0.4, -0.2) is 35.7 Å². The van der Waals surface area contributed by atoms with Crippen LogP contribution in [0.4, 0.5) is 4.39 Å². The van der Waals surface area contributed by atoms with Crippen LogP contribution in [0.2, 0.25) is 0 Å². The number of carbonyl (C=O) groups is 1. The van der Waals surface area contributed by atoms with E-state index in [0.29, 0.717) is 42.9 Å². The highest BCUT2D eigenvalue weighted by Gasteiger charge is 2.43. The number of hydrogen-bond acceptors (Lipinski definition) is 6. The third-order valence-corrected chi connectivity index (χ3v) is 6.56. The van der Waals surface area contributed by atoms with E-state index < -0.39 is 5.41 Å². The average Bonchev–Trinajstić information content (AvgIpc) is 3.42. The Labute approximate surface area is 179 Å². The monoisotopic (exact) mass is 428 g/mol. The molecule has 0 N–H and O–H groups in total. The van der Waals surface area contributed by atoms with Gasteiger partial charge in [0.1, 0.15) is 17.3 Å². The number of likely N-dealkylation sites (tertiary alicyclic amines) is 1. The van der Waals surface area contributed by atoms with Crippen molar-refractivity contribution < 1.29 is 18.4 Å². The molecule has 5 nitrogen and oxygen atoms in total. The Balaban J connectivity index is 1.50. The second-order valence-corrected chi connectivity index (χ2v) is 8.72. The van der Waals surface area contributed by atoms with Gasteiger partial charge in [0, 0.05) is 29.5 Å². The van der Waals surface area contributed by atoms with Gasteiger partial charge in [-0.05, 0) is 56.4 Å². The Hall–Kier alpha value is -2.51. The van der Waals surface area contributed by atoms with Gasteiger partial charge in [0.15, 0.2) is 0 Å². The molecule has 158 valence electrons. The topological polar surface area (TPSA) is 55.6 Å². The molecule has 1 saturated heterocycles. The maximum Gasteiger partial charge on any atom is 0.312 e. The molecule has 0 spiro atoms. The molecular weight excluding hydrogens is 403 g/mol. The summed E-state index contributed by atoms with van der Waals surface area (Å²) in [5, 5.41) is 6.12. The Morgan fingerprint density at radius 3 is 2.77 bits per heavy atom. The number of carbonyl (C=O) groups excluding carboxylic acids is 1. The van der Waals surface area contributed by atoms with Crippen LogP contribution in [0.15, 0.2) is 52.4 Å². The highest BCUT2D eigenvalue weighted by molar-refractivity contribution is 7.09. The molecule has 7 heteroatoms. The Bertz CT molecular complexity index is 978. The molecular formula is C23H25FN2O3S. The van der Waals surface area contributed by atoms with E-state index in [9.17, 15) is 9.18 Å². The first-order chi connectivity index (χ1) is 14.6. The summed E-state index contributed by atoms with van der Waals surface area (Å²) in [6.07, 6.45) is 1.78. The molecule has 0 amide bonds. The fourth-order valence-corrected chi connectivity index (χ4v) is 4.77. The number of aromatic nitrogens is 1. The maximum absolute atomic E-state index is 14.1. The van der Waals surface area contributed by atoms with Crippen LogP contribution < -0.4 is 0 Å². The normalized spacial score (nSPS) is 16.5. The molecule has 1 aromatic carbocycles. The third-order valence-electron chi connectivity index (χ3n) is 5.70. The lowest BCUT2D eigenvalue weighted by Gasteiger charge is -2.39. The van der Waals surface area contributed by atoms with Gasteiger partial charge in [-0.25, -0.2) is 4.39 Å². The maximum atomic E-state index is 14.1. The van der Waals surface area contributed by atoms with Gasteiger partial charge in [-0.2, -0.15) is 0 Å². The van der Waals surface area contributed by atoms with E-state index in [2.05, 4.69) is 27.6 Å². The second-order valence-electron chi connectivity index (χ2n) is 7.69. The van der Waals surface area contributed by atoms with E-state index in [1.807, 2.05) is 6.92 Å². The van der Waals surface area contributed by atoms with Gasteiger partial charge in [0.05, 0.1) is 12.0 Å². The van der Waals surface area contributed by atoms with Crippen LogP contribution in [0, 0.1) is 11.2 Å². The van der Waals surface area contributed by atoms with Gasteiger partial charge in [-0.3, -0.25) is 9.69 Å². The summed E-state index contributed by atoms with van der Waals surface area (Å²) in [6.45, 7) is 4.69. The minimum atomic E-state index is -0.645. The van der Waals surface area contributed by atoms with Gasteiger partial charge >= 0.3 is 5.97 Å². The molecule has 3 aromatic rings. The molecule has 30 heavy (non-hydrogen) atoms. The zero-order valence-corrected chi connectivity index (χ0v) is 17.8. The lowest BCUT2D eigenvalue weighted by molar-refractivity contribution is -0.159. The zero-order valence-electron chi connectivity index (χ0n) is 17.0. The standard InChI is InChI=1S/C23H25FN2O3S/c1-2-28-22(27)23(9-11-26(12-10-23)16-18-6-5-13-30-18)15-17-14-21(25-29-17)19-7-3-4-8-20(19)24/h3-8,13-14H,2,9-12,15-16H2,1H3. The van der Waals surface area contributed by atoms with E-state index in [4.69, 9.17) is 9.26 Å².